The molecule has 2 N–H and O–H groups in total. The SMILES string of the molecule is NC(=S)N(c1ccc(Cl)cc1)c1ncccc1OCc1c(F)cc(F)cc1F. The molecule has 0 fully saturated rings. The fraction of sp³-hybridized carbons (Fsp3) is 0.0526. The molecule has 4 nitrogen and oxygen atoms in total. The third kappa shape index (κ3) is 4.35. The smallest absolute Gasteiger partial charge is 0.182 e. The third-order valence-corrected chi connectivity index (χ3v) is 4.18. The summed E-state index contributed by atoms with van der Waals surface area (Å²) >= 11 is 11.0. The summed E-state index contributed by atoms with van der Waals surface area (Å²) in [6.45, 7) is -0.484. The zero-order valence-electron chi connectivity index (χ0n) is 14.2. The van der Waals surface area contributed by atoms with Crippen LogP contribution in [0.3, 0.4) is 0 Å². The standard InChI is InChI=1S/C19H13ClF3N3OS/c20-11-3-5-13(6-4-11)26(19(24)28)18-17(2-1-7-25-18)27-10-14-15(22)8-12(21)9-16(14)23/h1-9H,10H2,(H2,24,28). The van der Waals surface area contributed by atoms with Crippen molar-refractivity contribution < 1.29 is 17.9 Å². The van der Waals surface area contributed by atoms with E-state index in [0.29, 0.717) is 22.8 Å². The summed E-state index contributed by atoms with van der Waals surface area (Å²) in [6.07, 6.45) is 1.49. The van der Waals surface area contributed by atoms with Crippen LogP contribution in [0.25, 0.3) is 0 Å². The summed E-state index contributed by atoms with van der Waals surface area (Å²) in [6, 6.07) is 10.9. The van der Waals surface area contributed by atoms with Crippen molar-refractivity contribution >= 4 is 40.4 Å². The molecule has 0 aliphatic heterocycles. The molecule has 0 unspecified atom stereocenters. The fourth-order valence-electron chi connectivity index (χ4n) is 2.47. The number of halogens is 4. The third-order valence-electron chi connectivity index (χ3n) is 3.75. The molecule has 2 aromatic carbocycles. The lowest BCUT2D eigenvalue weighted by molar-refractivity contribution is 0.292. The molecule has 1 aromatic heterocycles. The Labute approximate surface area is 169 Å². The van der Waals surface area contributed by atoms with E-state index in [0.717, 1.165) is 0 Å². The normalized spacial score (nSPS) is 10.6. The summed E-state index contributed by atoms with van der Waals surface area (Å²) in [5, 5.41) is 0.497. The molecule has 0 radical (unpaired) electrons. The maximum atomic E-state index is 13.9. The molecule has 9 heteroatoms. The predicted molar refractivity (Wildman–Crippen MR) is 105 cm³/mol. The minimum absolute atomic E-state index is 0.0231. The summed E-state index contributed by atoms with van der Waals surface area (Å²) in [5.41, 5.74) is 6.00. The molecule has 3 rings (SSSR count). The van der Waals surface area contributed by atoms with Crippen LogP contribution in [0.15, 0.2) is 54.7 Å². The van der Waals surface area contributed by atoms with Gasteiger partial charge in [-0.05, 0) is 48.6 Å². The zero-order chi connectivity index (χ0) is 20.3. The topological polar surface area (TPSA) is 51.4 Å². The monoisotopic (exact) mass is 423 g/mol. The average Bonchev–Trinajstić information content (AvgIpc) is 2.63. The van der Waals surface area contributed by atoms with Gasteiger partial charge in [-0.15, -0.1) is 0 Å². The molecular formula is C19H13ClF3N3OS. The van der Waals surface area contributed by atoms with Crippen molar-refractivity contribution in [3.63, 3.8) is 0 Å². The van der Waals surface area contributed by atoms with E-state index in [1.807, 2.05) is 0 Å². The average molecular weight is 424 g/mol. The van der Waals surface area contributed by atoms with E-state index < -0.39 is 29.6 Å². The number of hydrogen-bond acceptors (Lipinski definition) is 3. The van der Waals surface area contributed by atoms with Gasteiger partial charge in [-0.2, -0.15) is 0 Å². The van der Waals surface area contributed by atoms with Gasteiger partial charge in [0, 0.05) is 23.4 Å². The number of anilines is 2. The van der Waals surface area contributed by atoms with Crippen molar-refractivity contribution in [3.05, 3.63) is 82.8 Å². The number of nitrogens with zero attached hydrogens (tertiary/aromatic N) is 2. The Morgan fingerprint density at radius 1 is 1.11 bits per heavy atom. The second-order valence-corrected chi connectivity index (χ2v) is 6.47. The molecule has 144 valence electrons. The Balaban J connectivity index is 1.94. The van der Waals surface area contributed by atoms with Crippen LogP contribution in [0, 0.1) is 17.5 Å². The Bertz CT molecular complexity index is 995. The van der Waals surface area contributed by atoms with Crippen molar-refractivity contribution in [3.8, 4) is 5.75 Å². The van der Waals surface area contributed by atoms with E-state index in [-0.39, 0.29) is 16.7 Å². The molecular weight excluding hydrogens is 411 g/mol. The largest absolute Gasteiger partial charge is 0.485 e. The van der Waals surface area contributed by atoms with Gasteiger partial charge in [-0.1, -0.05) is 11.6 Å². The minimum Gasteiger partial charge on any atom is -0.485 e. The molecule has 28 heavy (non-hydrogen) atoms. The summed E-state index contributed by atoms with van der Waals surface area (Å²) in [5.74, 6) is -2.71. The predicted octanol–water partition coefficient (Wildman–Crippen LogP) is 5.11. The number of thiocarbonyl (C=S) groups is 1. The Hall–Kier alpha value is -2.84. The van der Waals surface area contributed by atoms with Crippen molar-refractivity contribution in [2.75, 3.05) is 4.90 Å². The van der Waals surface area contributed by atoms with Crippen LogP contribution in [0.4, 0.5) is 24.7 Å². The van der Waals surface area contributed by atoms with E-state index in [4.69, 9.17) is 34.3 Å². The number of aromatic nitrogens is 1. The Morgan fingerprint density at radius 2 is 1.75 bits per heavy atom. The lowest BCUT2D eigenvalue weighted by Gasteiger charge is -2.24. The highest BCUT2D eigenvalue weighted by atomic mass is 35.5. The quantitative estimate of drug-likeness (QED) is 0.578. The maximum Gasteiger partial charge on any atom is 0.182 e. The Morgan fingerprint density at radius 3 is 2.36 bits per heavy atom. The number of pyridine rings is 1. The number of benzene rings is 2. The first-order valence-corrected chi connectivity index (χ1v) is 8.72. The molecule has 0 bridgehead atoms. The van der Waals surface area contributed by atoms with E-state index in [1.165, 1.54) is 11.1 Å². The van der Waals surface area contributed by atoms with E-state index in [2.05, 4.69) is 4.98 Å². The maximum absolute atomic E-state index is 13.9. The van der Waals surface area contributed by atoms with E-state index in [1.54, 1.807) is 36.4 Å². The summed E-state index contributed by atoms with van der Waals surface area (Å²) < 4.78 is 46.4. The molecule has 0 saturated heterocycles. The van der Waals surface area contributed by atoms with Crippen molar-refractivity contribution in [1.82, 2.24) is 4.98 Å². The van der Waals surface area contributed by atoms with Gasteiger partial charge in [-0.25, -0.2) is 18.2 Å². The van der Waals surface area contributed by atoms with Gasteiger partial charge < -0.3 is 10.5 Å². The number of rotatable bonds is 5. The van der Waals surface area contributed by atoms with Crippen LogP contribution in [-0.2, 0) is 6.61 Å². The summed E-state index contributed by atoms with van der Waals surface area (Å²) in [7, 11) is 0. The molecule has 1 heterocycles. The second kappa shape index (κ2) is 8.45. The lowest BCUT2D eigenvalue weighted by atomic mass is 10.2. The molecule has 0 spiro atoms. The first kappa shape index (κ1) is 19.9. The van der Waals surface area contributed by atoms with E-state index in [9.17, 15) is 13.2 Å². The lowest BCUT2D eigenvalue weighted by Crippen LogP contribution is -2.32. The van der Waals surface area contributed by atoms with Crippen molar-refractivity contribution in [1.29, 1.82) is 0 Å². The number of nitrogens with two attached hydrogens (primary N) is 1. The van der Waals surface area contributed by atoms with Crippen LogP contribution in [0.5, 0.6) is 5.75 Å². The van der Waals surface area contributed by atoms with Gasteiger partial charge in [0.1, 0.15) is 24.1 Å². The highest BCUT2D eigenvalue weighted by Crippen LogP contribution is 2.33. The first-order valence-electron chi connectivity index (χ1n) is 7.93. The van der Waals surface area contributed by atoms with Gasteiger partial charge in [0.05, 0.1) is 11.3 Å². The molecule has 0 saturated carbocycles. The van der Waals surface area contributed by atoms with Crippen LogP contribution in [0.2, 0.25) is 5.02 Å². The molecule has 0 aliphatic carbocycles. The molecule has 0 aliphatic rings. The first-order chi connectivity index (χ1) is 13.4. The van der Waals surface area contributed by atoms with Gasteiger partial charge in [0.25, 0.3) is 0 Å². The second-order valence-electron chi connectivity index (χ2n) is 5.61. The summed E-state index contributed by atoms with van der Waals surface area (Å²) in [4.78, 5) is 5.65. The van der Waals surface area contributed by atoms with Crippen molar-refractivity contribution in [2.24, 2.45) is 5.73 Å². The van der Waals surface area contributed by atoms with Crippen LogP contribution in [0.1, 0.15) is 5.56 Å². The van der Waals surface area contributed by atoms with Gasteiger partial charge >= 0.3 is 0 Å². The van der Waals surface area contributed by atoms with Gasteiger partial charge in [0.15, 0.2) is 16.7 Å². The van der Waals surface area contributed by atoms with Crippen molar-refractivity contribution in [2.45, 2.75) is 6.61 Å². The van der Waals surface area contributed by atoms with E-state index >= 15 is 0 Å². The minimum atomic E-state index is -1.05. The van der Waals surface area contributed by atoms with Crippen LogP contribution >= 0.6 is 23.8 Å². The highest BCUT2D eigenvalue weighted by molar-refractivity contribution is 7.80. The number of hydrogen-bond donors (Lipinski definition) is 1. The fourth-order valence-corrected chi connectivity index (χ4v) is 2.78. The molecule has 0 atom stereocenters. The van der Waals surface area contributed by atoms with Crippen LogP contribution in [-0.4, -0.2) is 10.1 Å². The number of ether oxygens (including phenoxy) is 1. The molecule has 3 aromatic rings. The van der Waals surface area contributed by atoms with Gasteiger partial charge in [-0.3, -0.25) is 4.90 Å². The molecule has 0 amide bonds. The van der Waals surface area contributed by atoms with Crippen LogP contribution < -0.4 is 15.4 Å². The Kier molecular flexibility index (Phi) is 6.01. The van der Waals surface area contributed by atoms with Gasteiger partial charge in [0.2, 0.25) is 0 Å². The highest BCUT2D eigenvalue weighted by Gasteiger charge is 2.20. The zero-order valence-corrected chi connectivity index (χ0v) is 15.8.